The summed E-state index contributed by atoms with van der Waals surface area (Å²) < 4.78 is 2.64. The molecule has 0 aliphatic rings. The molecule has 2 rings (SSSR count). The van der Waals surface area contributed by atoms with Crippen LogP contribution in [0.2, 0.25) is 0 Å². The van der Waals surface area contributed by atoms with Crippen LogP contribution < -0.4 is 0 Å². The normalized spacial score (nSPS) is 9.88. The molecule has 1 aromatic carbocycles. The summed E-state index contributed by atoms with van der Waals surface area (Å²) in [6.45, 7) is 0. The molecule has 4 nitrogen and oxygen atoms in total. The van der Waals surface area contributed by atoms with Gasteiger partial charge in [0.2, 0.25) is 6.08 Å². The summed E-state index contributed by atoms with van der Waals surface area (Å²) in [7, 11) is 1.81. The lowest BCUT2D eigenvalue weighted by Crippen LogP contribution is -1.93. The Labute approximate surface area is 101 Å². The molecule has 0 N–H and O–H groups in total. The van der Waals surface area contributed by atoms with Gasteiger partial charge in [0.15, 0.2) is 0 Å². The molecule has 0 atom stereocenters. The predicted octanol–water partition coefficient (Wildman–Crippen LogP) is 2.82. The number of aliphatic imine (C=N–C) groups is 1. The zero-order valence-corrected chi connectivity index (χ0v) is 10.1. The van der Waals surface area contributed by atoms with Crippen molar-refractivity contribution in [2.75, 3.05) is 0 Å². The second-order valence-corrected chi connectivity index (χ2v) is 4.13. The Kier molecular flexibility index (Phi) is 2.99. The van der Waals surface area contributed by atoms with Crippen molar-refractivity contribution in [1.29, 1.82) is 0 Å². The van der Waals surface area contributed by atoms with Crippen LogP contribution in [0.4, 0.5) is 5.69 Å². The first-order chi connectivity index (χ1) is 7.72. The van der Waals surface area contributed by atoms with E-state index < -0.39 is 0 Å². The average Bonchev–Trinajstić information content (AvgIpc) is 2.60. The van der Waals surface area contributed by atoms with E-state index in [2.05, 4.69) is 26.0 Å². The van der Waals surface area contributed by atoms with Crippen LogP contribution in [0.25, 0.3) is 11.3 Å². The molecule has 2 aromatic rings. The summed E-state index contributed by atoms with van der Waals surface area (Å²) in [4.78, 5) is 13.9. The molecule has 16 heavy (non-hydrogen) atoms. The van der Waals surface area contributed by atoms with Crippen molar-refractivity contribution in [3.8, 4) is 11.3 Å². The van der Waals surface area contributed by atoms with Crippen LogP contribution in [0.1, 0.15) is 0 Å². The molecule has 0 saturated carbocycles. The van der Waals surface area contributed by atoms with Gasteiger partial charge in [-0.2, -0.15) is 10.1 Å². The number of benzene rings is 1. The van der Waals surface area contributed by atoms with Gasteiger partial charge in [0.25, 0.3) is 0 Å². The topological polar surface area (TPSA) is 47.2 Å². The van der Waals surface area contributed by atoms with Crippen LogP contribution in [0.15, 0.2) is 39.9 Å². The first-order valence-electron chi connectivity index (χ1n) is 4.58. The van der Waals surface area contributed by atoms with Gasteiger partial charge in [-0.15, -0.1) is 0 Å². The minimum Gasteiger partial charge on any atom is -0.266 e. The third-order valence-electron chi connectivity index (χ3n) is 2.18. The van der Waals surface area contributed by atoms with Crippen LogP contribution in [0.5, 0.6) is 0 Å². The highest BCUT2D eigenvalue weighted by Gasteiger charge is 2.10. The fourth-order valence-electron chi connectivity index (χ4n) is 1.53. The van der Waals surface area contributed by atoms with E-state index in [1.165, 1.54) is 6.08 Å². The van der Waals surface area contributed by atoms with Gasteiger partial charge in [-0.1, -0.05) is 28.1 Å². The van der Waals surface area contributed by atoms with Crippen molar-refractivity contribution >= 4 is 27.7 Å². The van der Waals surface area contributed by atoms with Crippen molar-refractivity contribution in [3.63, 3.8) is 0 Å². The number of hydrogen-bond acceptors (Lipinski definition) is 3. The molecule has 0 fully saturated rings. The zero-order valence-electron chi connectivity index (χ0n) is 8.51. The fourth-order valence-corrected chi connectivity index (χ4v) is 1.93. The predicted molar refractivity (Wildman–Crippen MR) is 64.1 cm³/mol. The van der Waals surface area contributed by atoms with Gasteiger partial charge < -0.3 is 0 Å². The fraction of sp³-hybridized carbons (Fsp3) is 0.0909. The second kappa shape index (κ2) is 4.43. The second-order valence-electron chi connectivity index (χ2n) is 3.22. The Morgan fingerprint density at radius 2 is 2.31 bits per heavy atom. The van der Waals surface area contributed by atoms with Crippen molar-refractivity contribution in [1.82, 2.24) is 9.78 Å². The van der Waals surface area contributed by atoms with Gasteiger partial charge in [-0.3, -0.25) is 4.68 Å². The van der Waals surface area contributed by atoms with E-state index in [-0.39, 0.29) is 0 Å². The molecule has 0 saturated heterocycles. The van der Waals surface area contributed by atoms with Gasteiger partial charge in [0.05, 0.1) is 11.9 Å². The number of halogens is 1. The highest BCUT2D eigenvalue weighted by Crippen LogP contribution is 2.30. The quantitative estimate of drug-likeness (QED) is 0.626. The Balaban J connectivity index is 2.63. The Morgan fingerprint density at radius 1 is 1.50 bits per heavy atom. The first kappa shape index (κ1) is 10.8. The molecule has 0 bridgehead atoms. The molecular weight excluding hydrogens is 270 g/mol. The first-order valence-corrected chi connectivity index (χ1v) is 5.37. The molecule has 0 spiro atoms. The summed E-state index contributed by atoms with van der Waals surface area (Å²) in [6, 6.07) is 7.73. The lowest BCUT2D eigenvalue weighted by Gasteiger charge is -2.03. The Morgan fingerprint density at radius 3 is 3.00 bits per heavy atom. The van der Waals surface area contributed by atoms with E-state index >= 15 is 0 Å². The average molecular weight is 278 g/mol. The van der Waals surface area contributed by atoms with Gasteiger partial charge in [0, 0.05) is 17.1 Å². The van der Waals surface area contributed by atoms with E-state index in [1.807, 2.05) is 24.3 Å². The standard InChI is InChI=1S/C11H8BrN3O/c1-15-11(10(6-14-15)13-7-16)8-3-2-4-9(12)5-8/h2-6H,1H3. The lowest BCUT2D eigenvalue weighted by atomic mass is 10.1. The van der Waals surface area contributed by atoms with E-state index in [4.69, 9.17) is 0 Å². The van der Waals surface area contributed by atoms with Crippen molar-refractivity contribution in [2.45, 2.75) is 0 Å². The zero-order chi connectivity index (χ0) is 11.5. The Hall–Kier alpha value is -1.71. The number of isocyanates is 1. The third-order valence-corrected chi connectivity index (χ3v) is 2.68. The van der Waals surface area contributed by atoms with Gasteiger partial charge in [-0.25, -0.2) is 4.79 Å². The van der Waals surface area contributed by atoms with Gasteiger partial charge in [-0.05, 0) is 12.1 Å². The minimum absolute atomic E-state index is 0.524. The van der Waals surface area contributed by atoms with Crippen molar-refractivity contribution < 1.29 is 4.79 Å². The third kappa shape index (κ3) is 1.96. The van der Waals surface area contributed by atoms with Gasteiger partial charge in [0.1, 0.15) is 5.69 Å². The van der Waals surface area contributed by atoms with E-state index in [1.54, 1.807) is 17.9 Å². The van der Waals surface area contributed by atoms with Crippen LogP contribution in [0, 0.1) is 0 Å². The van der Waals surface area contributed by atoms with Crippen LogP contribution in [0.3, 0.4) is 0 Å². The molecule has 1 aromatic heterocycles. The number of carbonyl (C=O) groups excluding carboxylic acids is 1. The van der Waals surface area contributed by atoms with Gasteiger partial charge >= 0.3 is 0 Å². The molecule has 0 aliphatic carbocycles. The molecule has 80 valence electrons. The van der Waals surface area contributed by atoms with E-state index in [9.17, 15) is 4.79 Å². The molecular formula is C11H8BrN3O. The largest absolute Gasteiger partial charge is 0.266 e. The van der Waals surface area contributed by atoms with Crippen LogP contribution in [-0.4, -0.2) is 15.9 Å². The highest BCUT2D eigenvalue weighted by molar-refractivity contribution is 9.10. The molecule has 0 unspecified atom stereocenters. The monoisotopic (exact) mass is 277 g/mol. The summed E-state index contributed by atoms with van der Waals surface area (Å²) in [5.41, 5.74) is 2.27. The molecule has 1 heterocycles. The van der Waals surface area contributed by atoms with Crippen molar-refractivity contribution in [3.05, 3.63) is 34.9 Å². The molecule has 5 heteroatoms. The van der Waals surface area contributed by atoms with Crippen molar-refractivity contribution in [2.24, 2.45) is 12.0 Å². The number of nitrogens with zero attached hydrogens (tertiary/aromatic N) is 3. The maximum absolute atomic E-state index is 10.3. The van der Waals surface area contributed by atoms with E-state index in [0.717, 1.165) is 15.7 Å². The summed E-state index contributed by atoms with van der Waals surface area (Å²) >= 11 is 3.40. The number of aryl methyl sites for hydroxylation is 1. The van der Waals surface area contributed by atoms with Crippen LogP contribution in [-0.2, 0) is 11.8 Å². The van der Waals surface area contributed by atoms with Crippen LogP contribution >= 0.6 is 15.9 Å². The number of aromatic nitrogens is 2. The maximum Gasteiger partial charge on any atom is 0.240 e. The maximum atomic E-state index is 10.3. The number of rotatable bonds is 2. The molecule has 0 radical (unpaired) electrons. The number of hydrogen-bond donors (Lipinski definition) is 0. The lowest BCUT2D eigenvalue weighted by molar-refractivity contribution is 0.565. The summed E-state index contributed by atoms with van der Waals surface area (Å²) in [5, 5.41) is 4.07. The summed E-state index contributed by atoms with van der Waals surface area (Å²) in [6.07, 6.45) is 3.07. The molecule has 0 aliphatic heterocycles. The SMILES string of the molecule is Cn1ncc(N=C=O)c1-c1cccc(Br)c1. The Bertz CT molecular complexity index is 570. The summed E-state index contributed by atoms with van der Waals surface area (Å²) in [5.74, 6) is 0. The smallest absolute Gasteiger partial charge is 0.240 e. The highest BCUT2D eigenvalue weighted by atomic mass is 79.9. The minimum atomic E-state index is 0.524. The molecule has 0 amide bonds. The van der Waals surface area contributed by atoms with E-state index in [0.29, 0.717) is 5.69 Å².